The number of pyridine rings is 1. The quantitative estimate of drug-likeness (QED) is 0.638. The Morgan fingerprint density at radius 1 is 1.30 bits per heavy atom. The van der Waals surface area contributed by atoms with E-state index in [2.05, 4.69) is 15.4 Å². The van der Waals surface area contributed by atoms with Crippen LogP contribution in [-0.4, -0.2) is 39.0 Å². The Balaban J connectivity index is 2.32. The summed E-state index contributed by atoms with van der Waals surface area (Å²) in [6.45, 7) is 7.39. The number of hydrogen-bond acceptors (Lipinski definition) is 6. The third-order valence-electron chi connectivity index (χ3n) is 3.27. The van der Waals surface area contributed by atoms with E-state index in [9.17, 15) is 9.59 Å². The lowest BCUT2D eigenvalue weighted by molar-refractivity contribution is -0.137. The van der Waals surface area contributed by atoms with Crippen molar-refractivity contribution >= 4 is 24.0 Å². The Bertz CT molecular complexity index is 850. The fourth-order valence-electron chi connectivity index (χ4n) is 2.23. The minimum Gasteiger partial charge on any atom is -0.463 e. The van der Waals surface area contributed by atoms with E-state index in [1.54, 1.807) is 64.0 Å². The summed E-state index contributed by atoms with van der Waals surface area (Å²) in [5, 5.41) is 6.78. The van der Waals surface area contributed by atoms with Gasteiger partial charge in [-0.1, -0.05) is 0 Å². The van der Waals surface area contributed by atoms with Crippen LogP contribution in [0.15, 0.2) is 30.7 Å². The number of carbonyl (C=O) groups is 2. The topological polar surface area (TPSA) is 95.3 Å². The predicted octanol–water partition coefficient (Wildman–Crippen LogP) is 3.41. The first-order chi connectivity index (χ1) is 12.7. The summed E-state index contributed by atoms with van der Waals surface area (Å²) in [6, 6.07) is 1.70. The van der Waals surface area contributed by atoms with Crippen molar-refractivity contribution in [1.29, 1.82) is 0 Å². The van der Waals surface area contributed by atoms with E-state index in [0.717, 1.165) is 11.1 Å². The number of ether oxygens (including phenoxy) is 2. The number of aromatic nitrogens is 3. The van der Waals surface area contributed by atoms with Gasteiger partial charge in [-0.3, -0.25) is 10.00 Å². The Hall–Kier alpha value is -3.16. The van der Waals surface area contributed by atoms with E-state index < -0.39 is 17.7 Å². The van der Waals surface area contributed by atoms with Gasteiger partial charge in [0.25, 0.3) is 0 Å². The highest BCUT2D eigenvalue weighted by molar-refractivity contribution is 5.90. The van der Waals surface area contributed by atoms with E-state index in [1.165, 1.54) is 6.08 Å². The monoisotopic (exact) mass is 372 g/mol. The van der Waals surface area contributed by atoms with Crippen molar-refractivity contribution in [3.05, 3.63) is 36.3 Å². The third kappa shape index (κ3) is 6.25. The molecule has 2 aromatic rings. The van der Waals surface area contributed by atoms with Crippen LogP contribution in [0.4, 0.5) is 10.6 Å². The molecule has 1 N–H and O–H groups in total. The molecule has 2 rings (SSSR count). The molecule has 2 aromatic heterocycles. The highest BCUT2D eigenvalue weighted by Crippen LogP contribution is 2.26. The maximum absolute atomic E-state index is 12.0. The second-order valence-electron chi connectivity index (χ2n) is 6.77. The van der Waals surface area contributed by atoms with Gasteiger partial charge in [0, 0.05) is 36.6 Å². The molecule has 144 valence electrons. The Morgan fingerprint density at radius 3 is 2.63 bits per heavy atom. The van der Waals surface area contributed by atoms with Crippen LogP contribution in [0.2, 0.25) is 0 Å². The molecule has 0 atom stereocenters. The largest absolute Gasteiger partial charge is 0.463 e. The molecule has 8 heteroatoms. The van der Waals surface area contributed by atoms with E-state index in [1.807, 2.05) is 6.20 Å². The number of hydrogen-bond donors (Lipinski definition) is 1. The molecule has 8 nitrogen and oxygen atoms in total. The van der Waals surface area contributed by atoms with E-state index in [4.69, 9.17) is 9.47 Å². The zero-order valence-corrected chi connectivity index (χ0v) is 16.1. The highest BCUT2D eigenvalue weighted by Gasteiger charge is 2.17. The number of esters is 1. The number of aryl methyl sites for hydroxylation is 1. The van der Waals surface area contributed by atoms with E-state index in [0.29, 0.717) is 18.0 Å². The molecule has 27 heavy (non-hydrogen) atoms. The summed E-state index contributed by atoms with van der Waals surface area (Å²) in [5.41, 5.74) is 1.64. The molecule has 1 amide bonds. The van der Waals surface area contributed by atoms with Crippen LogP contribution in [0.1, 0.15) is 33.3 Å². The van der Waals surface area contributed by atoms with Gasteiger partial charge in [0.15, 0.2) is 0 Å². The van der Waals surface area contributed by atoms with Crippen molar-refractivity contribution in [2.75, 3.05) is 11.9 Å². The van der Waals surface area contributed by atoms with Crippen LogP contribution in [0, 0.1) is 0 Å². The lowest BCUT2D eigenvalue weighted by atomic mass is 10.0. The second kappa shape index (κ2) is 8.48. The fraction of sp³-hybridized carbons (Fsp3) is 0.368. The van der Waals surface area contributed by atoms with Gasteiger partial charge < -0.3 is 9.47 Å². The molecular weight excluding hydrogens is 348 g/mol. The number of anilines is 1. The second-order valence-corrected chi connectivity index (χ2v) is 6.77. The summed E-state index contributed by atoms with van der Waals surface area (Å²) >= 11 is 0. The first-order valence-electron chi connectivity index (χ1n) is 8.52. The number of rotatable bonds is 5. The maximum Gasteiger partial charge on any atom is 0.413 e. The van der Waals surface area contributed by atoms with Gasteiger partial charge in [0.2, 0.25) is 0 Å². The van der Waals surface area contributed by atoms with Gasteiger partial charge in [-0.25, -0.2) is 14.6 Å². The Labute approximate surface area is 158 Å². The summed E-state index contributed by atoms with van der Waals surface area (Å²) in [4.78, 5) is 27.8. The lowest BCUT2D eigenvalue weighted by Crippen LogP contribution is -2.27. The number of nitrogens with zero attached hydrogens (tertiary/aromatic N) is 3. The third-order valence-corrected chi connectivity index (χ3v) is 3.27. The standard InChI is InChI=1S/C19H24N4O4/c1-6-26-17(24)8-7-13-10-20-16(22-18(25)27-19(2,3)4)9-15(13)14-11-21-23(5)12-14/h7-12H,6H2,1-5H3,(H,20,22,25)/b8-7+. The lowest BCUT2D eigenvalue weighted by Gasteiger charge is -2.19. The molecule has 2 heterocycles. The molecule has 0 aliphatic rings. The Kier molecular flexibility index (Phi) is 6.33. The smallest absolute Gasteiger partial charge is 0.413 e. The number of amides is 1. The van der Waals surface area contributed by atoms with Crippen molar-refractivity contribution in [3.63, 3.8) is 0 Å². The minimum absolute atomic E-state index is 0.301. The van der Waals surface area contributed by atoms with Gasteiger partial charge in [-0.05, 0) is 45.4 Å². The van der Waals surface area contributed by atoms with Crippen LogP contribution in [0.5, 0.6) is 0 Å². The summed E-state index contributed by atoms with van der Waals surface area (Å²) in [5.74, 6) is -0.109. The van der Waals surface area contributed by atoms with Gasteiger partial charge in [0.05, 0.1) is 12.8 Å². The summed E-state index contributed by atoms with van der Waals surface area (Å²) in [6.07, 6.45) is 7.43. The average molecular weight is 372 g/mol. The Morgan fingerprint density at radius 2 is 2.04 bits per heavy atom. The molecule has 0 saturated heterocycles. The summed E-state index contributed by atoms with van der Waals surface area (Å²) < 4.78 is 11.8. The molecule has 0 spiro atoms. The van der Waals surface area contributed by atoms with Crippen LogP contribution < -0.4 is 5.32 Å². The van der Waals surface area contributed by atoms with Crippen molar-refractivity contribution in [3.8, 4) is 11.1 Å². The van der Waals surface area contributed by atoms with Crippen molar-refractivity contribution in [2.45, 2.75) is 33.3 Å². The molecule has 0 unspecified atom stereocenters. The van der Waals surface area contributed by atoms with Crippen LogP contribution in [0.3, 0.4) is 0 Å². The first kappa shape index (κ1) is 20.2. The molecule has 0 radical (unpaired) electrons. The molecule has 0 aliphatic heterocycles. The van der Waals surface area contributed by atoms with Crippen LogP contribution >= 0.6 is 0 Å². The fourth-order valence-corrected chi connectivity index (χ4v) is 2.23. The van der Waals surface area contributed by atoms with Crippen molar-refractivity contribution in [1.82, 2.24) is 14.8 Å². The van der Waals surface area contributed by atoms with Crippen LogP contribution in [-0.2, 0) is 21.3 Å². The van der Waals surface area contributed by atoms with E-state index in [-0.39, 0.29) is 0 Å². The van der Waals surface area contributed by atoms with Crippen LogP contribution in [0.25, 0.3) is 17.2 Å². The molecule has 0 aliphatic carbocycles. The molecule has 0 saturated carbocycles. The van der Waals surface area contributed by atoms with Crippen molar-refractivity contribution < 1.29 is 19.1 Å². The average Bonchev–Trinajstić information content (AvgIpc) is 2.98. The molecular formula is C19H24N4O4. The van der Waals surface area contributed by atoms with Gasteiger partial charge in [0.1, 0.15) is 11.4 Å². The SMILES string of the molecule is CCOC(=O)/C=C/c1cnc(NC(=O)OC(C)(C)C)cc1-c1cnn(C)c1. The molecule has 0 fully saturated rings. The highest BCUT2D eigenvalue weighted by atomic mass is 16.6. The maximum atomic E-state index is 12.0. The van der Waals surface area contributed by atoms with Gasteiger partial charge >= 0.3 is 12.1 Å². The summed E-state index contributed by atoms with van der Waals surface area (Å²) in [7, 11) is 1.80. The normalized spacial score (nSPS) is 11.4. The van der Waals surface area contributed by atoms with Crippen molar-refractivity contribution in [2.24, 2.45) is 7.05 Å². The number of nitrogens with one attached hydrogen (secondary N) is 1. The molecule has 0 aromatic carbocycles. The van der Waals surface area contributed by atoms with Gasteiger partial charge in [-0.15, -0.1) is 0 Å². The molecule has 0 bridgehead atoms. The van der Waals surface area contributed by atoms with E-state index >= 15 is 0 Å². The first-order valence-corrected chi connectivity index (χ1v) is 8.52. The zero-order valence-electron chi connectivity index (χ0n) is 16.1. The predicted molar refractivity (Wildman–Crippen MR) is 102 cm³/mol. The van der Waals surface area contributed by atoms with Gasteiger partial charge in [-0.2, -0.15) is 5.10 Å². The minimum atomic E-state index is -0.613. The zero-order chi connectivity index (χ0) is 20.0. The number of carbonyl (C=O) groups excluding carboxylic acids is 2.